The van der Waals surface area contributed by atoms with Crippen molar-refractivity contribution in [3.63, 3.8) is 0 Å². The average Bonchev–Trinajstić information content (AvgIpc) is 2.64. The van der Waals surface area contributed by atoms with Crippen LogP contribution in [0, 0.1) is 0 Å². The molecule has 1 rings (SSSR count). The fraction of sp³-hybridized carbons (Fsp3) is 0.565. The Morgan fingerprint density at radius 2 is 1.68 bits per heavy atom. The van der Waals surface area contributed by atoms with Crippen molar-refractivity contribution in [1.29, 1.82) is 0 Å². The molecule has 0 radical (unpaired) electrons. The zero-order chi connectivity index (χ0) is 18.0. The summed E-state index contributed by atoms with van der Waals surface area (Å²) in [6, 6.07) is 8.24. The van der Waals surface area contributed by atoms with Gasteiger partial charge < -0.3 is 9.84 Å². The molecule has 0 saturated heterocycles. The van der Waals surface area contributed by atoms with Crippen molar-refractivity contribution in [2.45, 2.75) is 71.1 Å². The van der Waals surface area contributed by atoms with Gasteiger partial charge in [-0.3, -0.25) is 0 Å². The molecule has 0 aliphatic heterocycles. The van der Waals surface area contributed by atoms with Gasteiger partial charge in [-0.1, -0.05) is 69.0 Å². The van der Waals surface area contributed by atoms with Crippen LogP contribution in [-0.2, 0) is 6.42 Å². The van der Waals surface area contributed by atoms with Crippen molar-refractivity contribution >= 4 is 0 Å². The molecule has 2 nitrogen and oxygen atoms in total. The molecule has 1 N–H and O–H groups in total. The molecular formula is C23H36O2. The van der Waals surface area contributed by atoms with Crippen LogP contribution in [0.15, 0.2) is 48.6 Å². The fourth-order valence-corrected chi connectivity index (χ4v) is 2.75. The summed E-state index contributed by atoms with van der Waals surface area (Å²) < 4.78 is 5.45. The number of hydrogen-bond donors (Lipinski definition) is 1. The van der Waals surface area contributed by atoms with E-state index < -0.39 is 0 Å². The maximum absolute atomic E-state index is 8.80. The van der Waals surface area contributed by atoms with E-state index >= 15 is 0 Å². The van der Waals surface area contributed by atoms with Crippen LogP contribution < -0.4 is 4.74 Å². The van der Waals surface area contributed by atoms with E-state index in [0.717, 1.165) is 18.6 Å². The lowest BCUT2D eigenvalue weighted by molar-refractivity contribution is 0.201. The Labute approximate surface area is 154 Å². The number of rotatable bonds is 15. The van der Waals surface area contributed by atoms with Crippen LogP contribution in [0.2, 0.25) is 0 Å². The molecule has 1 aromatic carbocycles. The predicted octanol–water partition coefficient (Wildman–Crippen LogP) is 6.24. The number of hydrogen-bond acceptors (Lipinski definition) is 2. The van der Waals surface area contributed by atoms with Gasteiger partial charge in [0.2, 0.25) is 0 Å². The first-order valence-electron chi connectivity index (χ1n) is 9.99. The Balaban J connectivity index is 1.99. The third-order valence-electron chi connectivity index (χ3n) is 4.16. The molecule has 0 atom stereocenters. The highest BCUT2D eigenvalue weighted by atomic mass is 16.5. The van der Waals surface area contributed by atoms with E-state index in [4.69, 9.17) is 9.84 Å². The molecule has 0 unspecified atom stereocenters. The van der Waals surface area contributed by atoms with Gasteiger partial charge in [-0.05, 0) is 56.2 Å². The first-order valence-corrected chi connectivity index (χ1v) is 9.99. The van der Waals surface area contributed by atoms with Crippen LogP contribution in [0.25, 0.3) is 0 Å². The van der Waals surface area contributed by atoms with Gasteiger partial charge >= 0.3 is 0 Å². The molecule has 25 heavy (non-hydrogen) atoms. The summed E-state index contributed by atoms with van der Waals surface area (Å²) in [7, 11) is 0. The van der Waals surface area contributed by atoms with E-state index in [0.29, 0.717) is 6.61 Å². The number of aliphatic hydroxyl groups is 1. The van der Waals surface area contributed by atoms with Crippen molar-refractivity contribution in [2.24, 2.45) is 0 Å². The van der Waals surface area contributed by atoms with E-state index in [1.54, 1.807) is 0 Å². The van der Waals surface area contributed by atoms with Gasteiger partial charge in [-0.25, -0.2) is 0 Å². The van der Waals surface area contributed by atoms with Gasteiger partial charge in [-0.2, -0.15) is 0 Å². The second-order valence-electron chi connectivity index (χ2n) is 6.49. The summed E-state index contributed by atoms with van der Waals surface area (Å²) in [6.45, 7) is 2.65. The first kappa shape index (κ1) is 21.5. The Hall–Kier alpha value is -1.54. The van der Waals surface area contributed by atoms with Crippen LogP contribution in [0.1, 0.15) is 70.3 Å². The van der Waals surface area contributed by atoms with Crippen LogP contribution in [0.4, 0.5) is 0 Å². The lowest BCUT2D eigenvalue weighted by Crippen LogP contribution is -2.01. The topological polar surface area (TPSA) is 29.5 Å². The predicted molar refractivity (Wildman–Crippen MR) is 108 cm³/mol. The summed E-state index contributed by atoms with van der Waals surface area (Å²) in [5.41, 5.74) is 1.33. The lowest BCUT2D eigenvalue weighted by Gasteiger charge is -2.07. The lowest BCUT2D eigenvalue weighted by atomic mass is 10.0. The number of aryl methyl sites for hydroxylation is 1. The van der Waals surface area contributed by atoms with E-state index in [2.05, 4.69) is 43.4 Å². The molecule has 0 amide bonds. The van der Waals surface area contributed by atoms with Gasteiger partial charge in [0.05, 0.1) is 6.61 Å². The molecule has 0 aromatic heterocycles. The Bertz CT molecular complexity index is 477. The SMILES string of the molecule is CCCC=CC/C=C/CCCCCCCc1cccc(OCCO)c1. The number of allylic oxidation sites excluding steroid dienone is 4. The third kappa shape index (κ3) is 12.5. The molecule has 0 aliphatic carbocycles. The molecule has 1 aromatic rings. The van der Waals surface area contributed by atoms with Crippen molar-refractivity contribution in [1.82, 2.24) is 0 Å². The zero-order valence-corrected chi connectivity index (χ0v) is 16.0. The quantitative estimate of drug-likeness (QED) is 0.301. The largest absolute Gasteiger partial charge is 0.491 e. The molecular weight excluding hydrogens is 308 g/mol. The molecule has 140 valence electrons. The smallest absolute Gasteiger partial charge is 0.119 e. The summed E-state index contributed by atoms with van der Waals surface area (Å²) in [5.74, 6) is 0.864. The van der Waals surface area contributed by atoms with Crippen LogP contribution in [0.5, 0.6) is 5.75 Å². The minimum Gasteiger partial charge on any atom is -0.491 e. The number of aliphatic hydroxyl groups excluding tert-OH is 1. The average molecular weight is 345 g/mol. The maximum atomic E-state index is 8.80. The molecule has 0 bridgehead atoms. The van der Waals surface area contributed by atoms with Crippen molar-refractivity contribution in [2.75, 3.05) is 13.2 Å². The van der Waals surface area contributed by atoms with Crippen LogP contribution in [0.3, 0.4) is 0 Å². The van der Waals surface area contributed by atoms with E-state index in [1.165, 1.54) is 56.9 Å². The third-order valence-corrected chi connectivity index (χ3v) is 4.16. The number of benzene rings is 1. The molecule has 0 aliphatic rings. The summed E-state index contributed by atoms with van der Waals surface area (Å²) in [4.78, 5) is 0. The van der Waals surface area contributed by atoms with Crippen molar-refractivity contribution in [3.8, 4) is 5.75 Å². The second kappa shape index (κ2) is 16.0. The second-order valence-corrected chi connectivity index (χ2v) is 6.49. The standard InChI is InChI=1S/C23H36O2/c1-2-3-4-5-6-7-8-9-10-11-12-13-14-16-22-17-15-18-23(21-22)25-20-19-24/h4-5,7-8,15,17-18,21,24H,2-3,6,9-14,16,19-20H2,1H3/b5-4?,8-7+. The number of ether oxygens (including phenoxy) is 1. The fourth-order valence-electron chi connectivity index (χ4n) is 2.75. The van der Waals surface area contributed by atoms with Crippen LogP contribution in [-0.4, -0.2) is 18.3 Å². The van der Waals surface area contributed by atoms with Gasteiger partial charge in [0.15, 0.2) is 0 Å². The molecule has 0 saturated carbocycles. The highest BCUT2D eigenvalue weighted by molar-refractivity contribution is 5.28. The molecule has 0 spiro atoms. The Morgan fingerprint density at radius 3 is 2.48 bits per heavy atom. The minimum atomic E-state index is 0.0645. The summed E-state index contributed by atoms with van der Waals surface area (Å²) in [5, 5.41) is 8.80. The minimum absolute atomic E-state index is 0.0645. The Kier molecular flexibility index (Phi) is 13.7. The number of unbranched alkanes of at least 4 members (excludes halogenated alkanes) is 6. The van der Waals surface area contributed by atoms with E-state index in [-0.39, 0.29) is 6.61 Å². The Morgan fingerprint density at radius 1 is 0.920 bits per heavy atom. The van der Waals surface area contributed by atoms with Crippen molar-refractivity contribution < 1.29 is 9.84 Å². The summed E-state index contributed by atoms with van der Waals surface area (Å²) >= 11 is 0. The monoisotopic (exact) mass is 344 g/mol. The molecule has 0 heterocycles. The van der Waals surface area contributed by atoms with Crippen LogP contribution >= 0.6 is 0 Å². The summed E-state index contributed by atoms with van der Waals surface area (Å²) in [6.07, 6.45) is 21.5. The molecule has 0 fully saturated rings. The highest BCUT2D eigenvalue weighted by Crippen LogP contribution is 2.16. The van der Waals surface area contributed by atoms with Crippen molar-refractivity contribution in [3.05, 3.63) is 54.1 Å². The highest BCUT2D eigenvalue weighted by Gasteiger charge is 1.98. The first-order chi connectivity index (χ1) is 12.4. The normalized spacial score (nSPS) is 11.6. The molecule has 2 heteroatoms. The van der Waals surface area contributed by atoms with E-state index in [9.17, 15) is 0 Å². The maximum Gasteiger partial charge on any atom is 0.119 e. The van der Waals surface area contributed by atoms with Gasteiger partial charge in [0.25, 0.3) is 0 Å². The zero-order valence-electron chi connectivity index (χ0n) is 16.0. The van der Waals surface area contributed by atoms with Gasteiger partial charge in [0, 0.05) is 0 Å². The van der Waals surface area contributed by atoms with Gasteiger partial charge in [0.1, 0.15) is 12.4 Å². The van der Waals surface area contributed by atoms with Gasteiger partial charge in [-0.15, -0.1) is 0 Å². The van der Waals surface area contributed by atoms with E-state index in [1.807, 2.05) is 12.1 Å².